The Bertz CT molecular complexity index is 157. The van der Waals surface area contributed by atoms with Gasteiger partial charge in [-0.1, -0.05) is 0 Å². The topological polar surface area (TPSA) is 157 Å². The van der Waals surface area contributed by atoms with Crippen LogP contribution < -0.4 is 11.5 Å². The summed E-state index contributed by atoms with van der Waals surface area (Å²) in [5, 5.41) is 16.2. The van der Waals surface area contributed by atoms with Crippen molar-refractivity contribution in [2.75, 3.05) is 0 Å². The smallest absolute Gasteiger partial charge is 0.268 e. The predicted octanol–water partition coefficient (Wildman–Crippen LogP) is -2.07. The van der Waals surface area contributed by atoms with E-state index in [9.17, 15) is 20.2 Å². The maximum atomic E-state index is 9.52. The molecule has 0 aliphatic rings. The van der Waals surface area contributed by atoms with E-state index in [1.54, 1.807) is 0 Å². The highest BCUT2D eigenvalue weighted by atomic mass is 17.1. The molecule has 0 aliphatic carbocycles. The van der Waals surface area contributed by atoms with Gasteiger partial charge in [0.15, 0.2) is 0 Å². The van der Waals surface area contributed by atoms with Crippen LogP contribution >= 0.6 is 0 Å². The van der Waals surface area contributed by atoms with E-state index < -0.39 is 16.2 Å². The normalized spacial score (nSPS) is 10.4. The van der Waals surface area contributed by atoms with Crippen molar-refractivity contribution in [3.05, 3.63) is 20.2 Å². The maximum absolute atomic E-state index is 9.52. The van der Waals surface area contributed by atoms with Crippen LogP contribution in [0.25, 0.3) is 0 Å². The fourth-order valence-electron chi connectivity index (χ4n) is 0.250. The lowest BCUT2D eigenvalue weighted by Gasteiger charge is -2.17. The largest absolute Gasteiger partial charge is 0.369 e. The Labute approximate surface area is 58.9 Å². The summed E-state index contributed by atoms with van der Waals surface area (Å²) in [5.41, 5.74) is 9.14. The third-order valence-electron chi connectivity index (χ3n) is 0.434. The highest BCUT2D eigenvalue weighted by molar-refractivity contribution is 4.37. The lowest BCUT2D eigenvalue weighted by atomic mass is 10.9. The Balaban J connectivity index is 3.99. The zero-order valence-electron chi connectivity index (χ0n) is 5.00. The fourth-order valence-corrected chi connectivity index (χ4v) is 0.250. The minimum atomic E-state index is -2.85. The summed E-state index contributed by atoms with van der Waals surface area (Å²) in [6.07, 6.45) is 0. The Morgan fingerprint density at radius 1 is 1.09 bits per heavy atom. The summed E-state index contributed by atoms with van der Waals surface area (Å²) >= 11 is 0. The van der Waals surface area contributed by atoms with Crippen LogP contribution in [0, 0.1) is 20.2 Å². The van der Waals surface area contributed by atoms with Gasteiger partial charge in [-0.2, -0.15) is 0 Å². The van der Waals surface area contributed by atoms with E-state index in [0.717, 1.165) is 0 Å². The second kappa shape index (κ2) is 2.94. The van der Waals surface area contributed by atoms with Crippen molar-refractivity contribution in [3.8, 4) is 0 Å². The number of hydrogen-bond donors (Lipinski definition) is 2. The zero-order valence-corrected chi connectivity index (χ0v) is 5.00. The Morgan fingerprint density at radius 2 is 1.36 bits per heavy atom. The van der Waals surface area contributed by atoms with Gasteiger partial charge >= 0.3 is 6.03 Å². The minimum absolute atomic E-state index is 1.41. The van der Waals surface area contributed by atoms with Crippen molar-refractivity contribution in [1.82, 2.24) is 0 Å². The molecule has 0 bridgehead atoms. The Morgan fingerprint density at radius 3 is 1.55 bits per heavy atom. The van der Waals surface area contributed by atoms with Crippen molar-refractivity contribution in [1.29, 1.82) is 0 Å². The lowest BCUT2D eigenvalue weighted by molar-refractivity contribution is -0.872. The van der Waals surface area contributed by atoms with Crippen LogP contribution in [0.4, 0.5) is 0 Å². The number of rotatable bonds is 4. The molecule has 0 amide bonds. The molecule has 10 heteroatoms. The van der Waals surface area contributed by atoms with E-state index >= 15 is 0 Å². The second-order valence-corrected chi connectivity index (χ2v) is 1.35. The Kier molecular flexibility index (Phi) is 2.49. The van der Waals surface area contributed by atoms with E-state index in [1.807, 2.05) is 0 Å². The van der Waals surface area contributed by atoms with Gasteiger partial charge in [0.1, 0.15) is 0 Å². The SMILES string of the molecule is NC(N)(O[N+](=O)[O-])O[N+](=O)[O-]. The molecule has 11 heavy (non-hydrogen) atoms. The van der Waals surface area contributed by atoms with Gasteiger partial charge in [-0.3, -0.25) is 11.5 Å². The van der Waals surface area contributed by atoms with E-state index in [2.05, 4.69) is 21.1 Å². The summed E-state index contributed by atoms with van der Waals surface area (Å²) in [6.45, 7) is 0. The van der Waals surface area contributed by atoms with Crippen LogP contribution in [-0.2, 0) is 9.68 Å². The highest BCUT2D eigenvalue weighted by Gasteiger charge is 2.28. The standard InChI is InChI=1S/CH4N4O6/c2-1(3,10-4(6)7)11-5(8)9/h2-3H2. The van der Waals surface area contributed by atoms with Crippen LogP contribution in [0.5, 0.6) is 0 Å². The van der Waals surface area contributed by atoms with Gasteiger partial charge in [0.25, 0.3) is 10.2 Å². The summed E-state index contributed by atoms with van der Waals surface area (Å²) in [6, 6.07) is -2.85. The van der Waals surface area contributed by atoms with Crippen molar-refractivity contribution in [2.45, 2.75) is 6.03 Å². The van der Waals surface area contributed by atoms with Crippen molar-refractivity contribution in [2.24, 2.45) is 11.5 Å². The van der Waals surface area contributed by atoms with E-state index in [1.165, 1.54) is 0 Å². The number of nitrogens with two attached hydrogens (primary N) is 2. The molecule has 0 rings (SSSR count). The third-order valence-corrected chi connectivity index (χ3v) is 0.434. The average molecular weight is 168 g/mol. The van der Waals surface area contributed by atoms with Gasteiger partial charge in [0.05, 0.1) is 0 Å². The highest BCUT2D eigenvalue weighted by Crippen LogP contribution is 1.95. The summed E-state index contributed by atoms with van der Waals surface area (Å²) < 4.78 is 0. The summed E-state index contributed by atoms with van der Waals surface area (Å²) in [5.74, 6) is 0. The monoisotopic (exact) mass is 168 g/mol. The molecule has 0 fully saturated rings. The van der Waals surface area contributed by atoms with Gasteiger partial charge in [0.2, 0.25) is 0 Å². The van der Waals surface area contributed by atoms with Crippen LogP contribution in [0.1, 0.15) is 0 Å². The molecule has 64 valence electrons. The fraction of sp³-hybridized carbons (Fsp3) is 1.00. The predicted molar refractivity (Wildman–Crippen MR) is 27.3 cm³/mol. The van der Waals surface area contributed by atoms with E-state index in [4.69, 9.17) is 0 Å². The van der Waals surface area contributed by atoms with Gasteiger partial charge in [-0.15, -0.1) is 20.2 Å². The molecular weight excluding hydrogens is 164 g/mol. The average Bonchev–Trinajstić information content (AvgIpc) is 1.53. The molecule has 0 aromatic rings. The molecule has 0 aliphatic heterocycles. The molecule has 0 aromatic carbocycles. The molecule has 0 atom stereocenters. The first kappa shape index (κ1) is 9.32. The maximum Gasteiger partial charge on any atom is 0.369 e. The molecule has 0 spiro atoms. The van der Waals surface area contributed by atoms with Gasteiger partial charge < -0.3 is 0 Å². The Hall–Kier alpha value is -1.68. The lowest BCUT2D eigenvalue weighted by Crippen LogP contribution is -2.56. The van der Waals surface area contributed by atoms with Gasteiger partial charge in [0, 0.05) is 0 Å². The van der Waals surface area contributed by atoms with Crippen LogP contribution in [0.2, 0.25) is 0 Å². The summed E-state index contributed by atoms with van der Waals surface area (Å²) in [4.78, 5) is 25.8. The zero-order chi connectivity index (χ0) is 9.07. The third kappa shape index (κ3) is 4.80. The molecular formula is CH4N4O6. The molecule has 0 aromatic heterocycles. The van der Waals surface area contributed by atoms with Crippen molar-refractivity contribution < 1.29 is 19.8 Å². The van der Waals surface area contributed by atoms with Gasteiger partial charge in [-0.25, -0.2) is 9.68 Å². The van der Waals surface area contributed by atoms with Crippen molar-refractivity contribution >= 4 is 0 Å². The van der Waals surface area contributed by atoms with E-state index in [-0.39, 0.29) is 0 Å². The quantitative estimate of drug-likeness (QED) is 0.275. The molecule has 0 radical (unpaired) electrons. The molecule has 4 N–H and O–H groups in total. The molecule has 0 saturated carbocycles. The van der Waals surface area contributed by atoms with Crippen LogP contribution in [0.3, 0.4) is 0 Å². The second-order valence-electron chi connectivity index (χ2n) is 1.35. The molecule has 0 saturated heterocycles. The first-order chi connectivity index (χ1) is 4.83. The first-order valence-corrected chi connectivity index (χ1v) is 2.08. The molecule has 0 unspecified atom stereocenters. The number of nitrogens with zero attached hydrogens (tertiary/aromatic N) is 2. The van der Waals surface area contributed by atoms with Crippen LogP contribution in [0.15, 0.2) is 0 Å². The van der Waals surface area contributed by atoms with Crippen molar-refractivity contribution in [3.63, 3.8) is 0 Å². The first-order valence-electron chi connectivity index (χ1n) is 2.08. The van der Waals surface area contributed by atoms with E-state index in [0.29, 0.717) is 0 Å². The molecule has 0 heterocycles. The summed E-state index contributed by atoms with van der Waals surface area (Å²) in [7, 11) is 0. The molecule has 10 nitrogen and oxygen atoms in total. The van der Waals surface area contributed by atoms with Crippen LogP contribution in [-0.4, -0.2) is 16.2 Å². The number of hydrogen-bond acceptors (Lipinski definition) is 8. The van der Waals surface area contributed by atoms with Gasteiger partial charge in [-0.05, 0) is 0 Å². The minimum Gasteiger partial charge on any atom is -0.268 e.